The highest BCUT2D eigenvalue weighted by atomic mass is 16.5. The summed E-state index contributed by atoms with van der Waals surface area (Å²) in [6.45, 7) is 3.94. The van der Waals surface area contributed by atoms with Gasteiger partial charge >= 0.3 is 5.97 Å². The van der Waals surface area contributed by atoms with E-state index in [4.69, 9.17) is 4.74 Å². The second kappa shape index (κ2) is 4.78. The predicted octanol–water partition coefficient (Wildman–Crippen LogP) is 3.05. The number of hydrogen-bond acceptors (Lipinski definition) is 2. The van der Waals surface area contributed by atoms with E-state index in [-0.39, 0.29) is 12.0 Å². The van der Waals surface area contributed by atoms with Crippen LogP contribution >= 0.6 is 0 Å². The molecule has 0 saturated heterocycles. The summed E-state index contributed by atoms with van der Waals surface area (Å²) in [5, 5.41) is 9.22. The Bertz CT molecular complexity index is 390. The Labute approximate surface area is 101 Å². The second-order valence-corrected chi connectivity index (χ2v) is 4.89. The number of carboxylic acid groups (broad SMARTS) is 1. The monoisotopic (exact) mass is 234 g/mol. The topological polar surface area (TPSA) is 46.5 Å². The van der Waals surface area contributed by atoms with Crippen molar-refractivity contribution in [1.82, 2.24) is 0 Å². The maximum absolute atomic E-state index is 11.2. The summed E-state index contributed by atoms with van der Waals surface area (Å²) in [6.07, 6.45) is 2.20. The molecule has 1 aromatic carbocycles. The van der Waals surface area contributed by atoms with Crippen molar-refractivity contribution in [1.29, 1.82) is 0 Å². The summed E-state index contributed by atoms with van der Waals surface area (Å²) in [5.41, 5.74) is 0.885. The Hall–Kier alpha value is -1.51. The Kier molecular flexibility index (Phi) is 3.36. The average molecular weight is 234 g/mol. The van der Waals surface area contributed by atoms with E-state index >= 15 is 0 Å². The minimum atomic E-state index is -0.718. The van der Waals surface area contributed by atoms with Crippen LogP contribution in [0, 0.1) is 5.92 Å². The van der Waals surface area contributed by atoms with Crippen LogP contribution in [0.4, 0.5) is 0 Å². The average Bonchev–Trinajstić information content (AvgIpc) is 3.04. The lowest BCUT2D eigenvalue weighted by molar-refractivity contribution is -0.139. The van der Waals surface area contributed by atoms with Crippen LogP contribution in [0.1, 0.15) is 38.2 Å². The van der Waals surface area contributed by atoms with Crippen LogP contribution in [-0.4, -0.2) is 17.2 Å². The van der Waals surface area contributed by atoms with Crippen LogP contribution in [0.3, 0.4) is 0 Å². The highest BCUT2D eigenvalue weighted by Gasteiger charge is 2.37. The molecule has 1 aliphatic carbocycles. The first-order valence-corrected chi connectivity index (χ1v) is 6.07. The summed E-state index contributed by atoms with van der Waals surface area (Å²) < 4.78 is 5.54. The molecule has 3 nitrogen and oxygen atoms in total. The third-order valence-electron chi connectivity index (χ3n) is 2.97. The van der Waals surface area contributed by atoms with Gasteiger partial charge in [-0.25, -0.2) is 0 Å². The first kappa shape index (κ1) is 12.0. The smallest absolute Gasteiger partial charge is 0.311 e. The Morgan fingerprint density at radius 3 is 2.29 bits per heavy atom. The van der Waals surface area contributed by atoms with Crippen LogP contribution < -0.4 is 4.74 Å². The molecule has 17 heavy (non-hydrogen) atoms. The van der Waals surface area contributed by atoms with Crippen LogP contribution in [0.2, 0.25) is 0 Å². The van der Waals surface area contributed by atoms with Gasteiger partial charge in [0, 0.05) is 0 Å². The number of hydrogen-bond donors (Lipinski definition) is 1. The van der Waals surface area contributed by atoms with Crippen molar-refractivity contribution < 1.29 is 14.6 Å². The number of carboxylic acids is 1. The maximum Gasteiger partial charge on any atom is 0.311 e. The molecular weight excluding hydrogens is 216 g/mol. The zero-order valence-electron chi connectivity index (χ0n) is 10.2. The summed E-state index contributed by atoms with van der Waals surface area (Å²) >= 11 is 0. The molecule has 0 amide bonds. The van der Waals surface area contributed by atoms with Crippen LogP contribution in [-0.2, 0) is 4.79 Å². The van der Waals surface area contributed by atoms with E-state index in [1.807, 2.05) is 38.1 Å². The van der Waals surface area contributed by atoms with Crippen molar-refractivity contribution in [3.63, 3.8) is 0 Å². The van der Waals surface area contributed by atoms with Gasteiger partial charge in [0.25, 0.3) is 0 Å². The quantitative estimate of drug-likeness (QED) is 0.851. The third kappa shape index (κ3) is 2.99. The highest BCUT2D eigenvalue weighted by molar-refractivity contribution is 5.77. The van der Waals surface area contributed by atoms with Gasteiger partial charge in [0.05, 0.1) is 12.0 Å². The predicted molar refractivity (Wildman–Crippen MR) is 65.3 cm³/mol. The van der Waals surface area contributed by atoms with Gasteiger partial charge in [0.1, 0.15) is 5.75 Å². The van der Waals surface area contributed by atoms with E-state index in [1.54, 1.807) is 0 Å². The van der Waals surface area contributed by atoms with Crippen molar-refractivity contribution in [3.05, 3.63) is 29.8 Å². The van der Waals surface area contributed by atoms with Crippen molar-refractivity contribution in [2.24, 2.45) is 5.92 Å². The van der Waals surface area contributed by atoms with E-state index in [1.165, 1.54) is 0 Å². The van der Waals surface area contributed by atoms with Crippen LogP contribution in [0.25, 0.3) is 0 Å². The van der Waals surface area contributed by atoms with Crippen LogP contribution in [0.15, 0.2) is 24.3 Å². The fourth-order valence-electron chi connectivity index (χ4n) is 2.07. The van der Waals surface area contributed by atoms with Gasteiger partial charge in [0.15, 0.2) is 0 Å². The molecule has 0 aromatic heterocycles. The summed E-state index contributed by atoms with van der Waals surface area (Å²) in [4.78, 5) is 11.2. The Morgan fingerprint density at radius 1 is 1.29 bits per heavy atom. The van der Waals surface area contributed by atoms with E-state index < -0.39 is 5.97 Å². The molecule has 1 aromatic rings. The van der Waals surface area contributed by atoms with Crippen molar-refractivity contribution in [2.45, 2.75) is 38.7 Å². The Morgan fingerprint density at radius 2 is 1.88 bits per heavy atom. The molecule has 0 heterocycles. The van der Waals surface area contributed by atoms with Gasteiger partial charge in [-0.1, -0.05) is 12.1 Å². The van der Waals surface area contributed by atoms with Gasteiger partial charge in [-0.05, 0) is 50.3 Å². The molecule has 1 N–H and O–H groups in total. The third-order valence-corrected chi connectivity index (χ3v) is 2.97. The van der Waals surface area contributed by atoms with E-state index in [0.29, 0.717) is 5.92 Å². The molecule has 0 spiro atoms. The number of ether oxygens (including phenoxy) is 1. The first-order valence-electron chi connectivity index (χ1n) is 6.07. The lowest BCUT2D eigenvalue weighted by Gasteiger charge is -2.13. The Balaban J connectivity index is 2.13. The number of rotatable bonds is 5. The van der Waals surface area contributed by atoms with Gasteiger partial charge in [-0.15, -0.1) is 0 Å². The molecule has 1 atom stereocenters. The summed E-state index contributed by atoms with van der Waals surface area (Å²) in [6, 6.07) is 7.45. The van der Waals surface area contributed by atoms with Crippen molar-refractivity contribution >= 4 is 5.97 Å². The lowest BCUT2D eigenvalue weighted by Crippen LogP contribution is -2.13. The molecule has 1 unspecified atom stereocenters. The maximum atomic E-state index is 11.2. The van der Waals surface area contributed by atoms with Crippen LogP contribution in [0.5, 0.6) is 5.75 Å². The zero-order valence-corrected chi connectivity index (χ0v) is 10.2. The zero-order chi connectivity index (χ0) is 12.4. The number of carbonyl (C=O) groups is 1. The van der Waals surface area contributed by atoms with Gasteiger partial charge in [0.2, 0.25) is 0 Å². The van der Waals surface area contributed by atoms with Gasteiger partial charge < -0.3 is 9.84 Å². The molecular formula is C14H18O3. The molecule has 1 aliphatic rings. The van der Waals surface area contributed by atoms with E-state index in [9.17, 15) is 9.90 Å². The van der Waals surface area contributed by atoms with E-state index in [2.05, 4.69) is 0 Å². The van der Waals surface area contributed by atoms with Gasteiger partial charge in [-0.3, -0.25) is 4.79 Å². The van der Waals surface area contributed by atoms with Crippen molar-refractivity contribution in [3.8, 4) is 5.75 Å². The highest BCUT2D eigenvalue weighted by Crippen LogP contribution is 2.43. The molecule has 1 saturated carbocycles. The fraction of sp³-hybridized carbons (Fsp3) is 0.500. The molecule has 0 bridgehead atoms. The first-order chi connectivity index (χ1) is 8.08. The lowest BCUT2D eigenvalue weighted by atomic mass is 9.94. The molecule has 2 rings (SSSR count). The molecule has 0 radical (unpaired) electrons. The van der Waals surface area contributed by atoms with Crippen molar-refractivity contribution in [2.75, 3.05) is 0 Å². The minimum Gasteiger partial charge on any atom is -0.491 e. The normalized spacial score (nSPS) is 16.9. The minimum absolute atomic E-state index is 0.138. The molecule has 0 aliphatic heterocycles. The van der Waals surface area contributed by atoms with Gasteiger partial charge in [-0.2, -0.15) is 0 Å². The SMILES string of the molecule is CC(C)Oc1ccc(C(C(=O)O)C2CC2)cc1. The number of aliphatic carboxylic acids is 1. The fourth-order valence-corrected chi connectivity index (χ4v) is 2.07. The standard InChI is InChI=1S/C14H18O3/c1-9(2)17-12-7-5-11(6-8-12)13(14(15)16)10-3-4-10/h5-10,13H,3-4H2,1-2H3,(H,15,16). The molecule has 1 fully saturated rings. The summed E-state index contributed by atoms with van der Waals surface area (Å²) in [7, 11) is 0. The second-order valence-electron chi connectivity index (χ2n) is 4.89. The number of benzene rings is 1. The molecule has 92 valence electrons. The largest absolute Gasteiger partial charge is 0.491 e. The molecule has 3 heteroatoms. The van der Waals surface area contributed by atoms with E-state index in [0.717, 1.165) is 24.2 Å². The summed E-state index contributed by atoms with van der Waals surface area (Å²) in [5.74, 6) is 0.0566.